The third kappa shape index (κ3) is 2.45. The number of fused-ring (bicyclic) bond motifs is 1. The molecule has 0 amide bonds. The zero-order chi connectivity index (χ0) is 14.8. The summed E-state index contributed by atoms with van der Waals surface area (Å²) in [6.07, 6.45) is 1.42. The predicted octanol–water partition coefficient (Wildman–Crippen LogP) is 2.69. The molecule has 2 heterocycles. The molecule has 0 bridgehead atoms. The number of hydrogen-bond acceptors (Lipinski definition) is 7. The van der Waals surface area contributed by atoms with Gasteiger partial charge in [-0.05, 0) is 12.1 Å². The van der Waals surface area contributed by atoms with Gasteiger partial charge in [0, 0.05) is 13.0 Å². The highest BCUT2D eigenvalue weighted by Crippen LogP contribution is 2.32. The lowest BCUT2D eigenvalue weighted by Gasteiger charge is -2.11. The van der Waals surface area contributed by atoms with Crippen LogP contribution in [0.15, 0.2) is 28.9 Å². The minimum atomic E-state index is 0.437. The standard InChI is InChI=1S/C14H14N4O3/c1-8-17-12-13(15-7-16-14(12)21-8)18-10-6-9(19-2)4-5-11(10)20-3/h4-7H,1-3H3,(H,15,16,18). The van der Waals surface area contributed by atoms with E-state index in [-0.39, 0.29) is 0 Å². The molecule has 21 heavy (non-hydrogen) atoms. The van der Waals surface area contributed by atoms with Gasteiger partial charge in [-0.25, -0.2) is 9.97 Å². The van der Waals surface area contributed by atoms with Crippen LogP contribution in [0.1, 0.15) is 5.89 Å². The van der Waals surface area contributed by atoms with Crippen molar-refractivity contribution in [2.45, 2.75) is 6.92 Å². The zero-order valence-electron chi connectivity index (χ0n) is 11.9. The smallest absolute Gasteiger partial charge is 0.252 e. The number of ether oxygens (including phenoxy) is 2. The summed E-state index contributed by atoms with van der Waals surface area (Å²) < 4.78 is 15.9. The first kappa shape index (κ1) is 13.2. The largest absolute Gasteiger partial charge is 0.497 e. The molecular weight excluding hydrogens is 272 g/mol. The Kier molecular flexibility index (Phi) is 3.31. The molecule has 0 atom stereocenters. The summed E-state index contributed by atoms with van der Waals surface area (Å²) in [5.74, 6) is 2.46. The van der Waals surface area contributed by atoms with E-state index < -0.39 is 0 Å². The minimum absolute atomic E-state index is 0.437. The van der Waals surface area contributed by atoms with Gasteiger partial charge in [-0.15, -0.1) is 0 Å². The lowest BCUT2D eigenvalue weighted by atomic mass is 10.2. The molecule has 3 aromatic rings. The number of aromatic nitrogens is 3. The molecule has 7 nitrogen and oxygen atoms in total. The van der Waals surface area contributed by atoms with E-state index in [1.54, 1.807) is 21.1 Å². The van der Waals surface area contributed by atoms with Crippen molar-refractivity contribution in [3.8, 4) is 11.5 Å². The number of anilines is 2. The first-order valence-electron chi connectivity index (χ1n) is 6.28. The lowest BCUT2D eigenvalue weighted by molar-refractivity contribution is 0.405. The van der Waals surface area contributed by atoms with Crippen molar-refractivity contribution in [3.05, 3.63) is 30.4 Å². The Morgan fingerprint density at radius 3 is 2.76 bits per heavy atom. The van der Waals surface area contributed by atoms with Crippen LogP contribution in [0.2, 0.25) is 0 Å². The molecule has 2 aromatic heterocycles. The summed E-state index contributed by atoms with van der Waals surface area (Å²) in [6, 6.07) is 5.45. The van der Waals surface area contributed by atoms with Crippen molar-refractivity contribution in [2.24, 2.45) is 0 Å². The molecule has 0 unspecified atom stereocenters. The Labute approximate surface area is 120 Å². The van der Waals surface area contributed by atoms with Crippen molar-refractivity contribution < 1.29 is 13.9 Å². The summed E-state index contributed by atoms with van der Waals surface area (Å²) in [6.45, 7) is 1.76. The van der Waals surface area contributed by atoms with E-state index in [2.05, 4.69) is 20.3 Å². The topological polar surface area (TPSA) is 82.3 Å². The highest BCUT2D eigenvalue weighted by Gasteiger charge is 2.13. The number of nitrogens with one attached hydrogen (secondary N) is 1. The van der Waals surface area contributed by atoms with Crippen LogP contribution in [0.25, 0.3) is 11.2 Å². The third-order valence-electron chi connectivity index (χ3n) is 2.96. The molecule has 108 valence electrons. The summed E-state index contributed by atoms with van der Waals surface area (Å²) in [5, 5.41) is 3.18. The van der Waals surface area contributed by atoms with Crippen LogP contribution in [0.5, 0.6) is 11.5 Å². The van der Waals surface area contributed by atoms with Crippen LogP contribution < -0.4 is 14.8 Å². The monoisotopic (exact) mass is 286 g/mol. The Balaban J connectivity index is 2.05. The maximum atomic E-state index is 5.39. The molecule has 1 aromatic carbocycles. The number of rotatable bonds is 4. The van der Waals surface area contributed by atoms with Crippen molar-refractivity contribution in [2.75, 3.05) is 19.5 Å². The van der Waals surface area contributed by atoms with Crippen LogP contribution in [0, 0.1) is 6.92 Å². The van der Waals surface area contributed by atoms with Crippen molar-refractivity contribution in [1.29, 1.82) is 0 Å². The lowest BCUT2D eigenvalue weighted by Crippen LogP contribution is -1.99. The number of oxazole rings is 1. The van der Waals surface area contributed by atoms with E-state index in [0.29, 0.717) is 34.4 Å². The second kappa shape index (κ2) is 5.28. The number of methoxy groups -OCH3 is 2. The Hall–Kier alpha value is -2.83. The molecule has 1 N–H and O–H groups in total. The summed E-state index contributed by atoms with van der Waals surface area (Å²) in [4.78, 5) is 12.5. The first-order chi connectivity index (χ1) is 10.2. The van der Waals surface area contributed by atoms with Gasteiger partial charge in [-0.3, -0.25) is 0 Å². The highest BCUT2D eigenvalue weighted by molar-refractivity contribution is 5.84. The third-order valence-corrected chi connectivity index (χ3v) is 2.96. The maximum Gasteiger partial charge on any atom is 0.252 e. The zero-order valence-corrected chi connectivity index (χ0v) is 11.9. The Bertz CT molecular complexity index is 785. The molecule has 0 saturated heterocycles. The van der Waals surface area contributed by atoms with Gasteiger partial charge < -0.3 is 19.2 Å². The SMILES string of the molecule is COc1ccc(OC)c(Nc2ncnc3oc(C)nc23)c1. The second-order valence-electron chi connectivity index (χ2n) is 4.30. The fourth-order valence-electron chi connectivity index (χ4n) is 1.99. The fraction of sp³-hybridized carbons (Fsp3) is 0.214. The number of aryl methyl sites for hydroxylation is 1. The van der Waals surface area contributed by atoms with Gasteiger partial charge in [0.25, 0.3) is 5.71 Å². The quantitative estimate of drug-likeness (QED) is 0.789. The molecule has 0 fully saturated rings. The second-order valence-corrected chi connectivity index (χ2v) is 4.30. The maximum absolute atomic E-state index is 5.39. The van der Waals surface area contributed by atoms with Crippen LogP contribution in [-0.4, -0.2) is 29.2 Å². The highest BCUT2D eigenvalue weighted by atomic mass is 16.5. The van der Waals surface area contributed by atoms with E-state index in [4.69, 9.17) is 13.9 Å². The van der Waals surface area contributed by atoms with Gasteiger partial charge >= 0.3 is 0 Å². The van der Waals surface area contributed by atoms with E-state index in [9.17, 15) is 0 Å². The van der Waals surface area contributed by atoms with Crippen LogP contribution >= 0.6 is 0 Å². The van der Waals surface area contributed by atoms with Gasteiger partial charge in [-0.1, -0.05) is 0 Å². The van der Waals surface area contributed by atoms with Crippen molar-refractivity contribution >= 4 is 22.7 Å². The predicted molar refractivity (Wildman–Crippen MR) is 77.2 cm³/mol. The van der Waals surface area contributed by atoms with Crippen LogP contribution in [0.3, 0.4) is 0 Å². The van der Waals surface area contributed by atoms with Gasteiger partial charge in [-0.2, -0.15) is 4.98 Å². The van der Waals surface area contributed by atoms with Crippen molar-refractivity contribution in [1.82, 2.24) is 15.0 Å². The molecule has 0 aliphatic heterocycles. The van der Waals surface area contributed by atoms with Crippen LogP contribution in [-0.2, 0) is 0 Å². The van der Waals surface area contributed by atoms with Gasteiger partial charge in [0.2, 0.25) is 0 Å². The molecule has 0 radical (unpaired) electrons. The number of hydrogen-bond donors (Lipinski definition) is 1. The molecular formula is C14H14N4O3. The average Bonchev–Trinajstić information content (AvgIpc) is 2.88. The Morgan fingerprint density at radius 1 is 1.14 bits per heavy atom. The fourth-order valence-corrected chi connectivity index (χ4v) is 1.99. The molecule has 0 spiro atoms. The molecule has 7 heteroatoms. The van der Waals surface area contributed by atoms with Crippen molar-refractivity contribution in [3.63, 3.8) is 0 Å². The van der Waals surface area contributed by atoms with Gasteiger partial charge in [0.15, 0.2) is 17.2 Å². The minimum Gasteiger partial charge on any atom is -0.497 e. The van der Waals surface area contributed by atoms with E-state index in [0.717, 1.165) is 5.69 Å². The van der Waals surface area contributed by atoms with E-state index >= 15 is 0 Å². The summed E-state index contributed by atoms with van der Waals surface area (Å²) >= 11 is 0. The van der Waals surface area contributed by atoms with Gasteiger partial charge in [0.1, 0.15) is 17.8 Å². The molecule has 0 saturated carbocycles. The normalized spacial score (nSPS) is 10.6. The number of nitrogens with zero attached hydrogens (tertiary/aromatic N) is 3. The van der Waals surface area contributed by atoms with Crippen LogP contribution in [0.4, 0.5) is 11.5 Å². The summed E-state index contributed by atoms with van der Waals surface area (Å²) in [7, 11) is 3.21. The average molecular weight is 286 g/mol. The van der Waals surface area contributed by atoms with E-state index in [1.165, 1.54) is 6.33 Å². The first-order valence-corrected chi connectivity index (χ1v) is 6.28. The van der Waals surface area contributed by atoms with Gasteiger partial charge in [0.05, 0.1) is 19.9 Å². The molecule has 0 aliphatic carbocycles. The number of benzene rings is 1. The summed E-state index contributed by atoms with van der Waals surface area (Å²) in [5.41, 5.74) is 1.73. The Morgan fingerprint density at radius 2 is 2.00 bits per heavy atom. The molecule has 0 aliphatic rings. The van der Waals surface area contributed by atoms with E-state index in [1.807, 2.05) is 18.2 Å². The molecule has 3 rings (SSSR count).